The predicted octanol–water partition coefficient (Wildman–Crippen LogP) is 0.163. The Morgan fingerprint density at radius 2 is 2.14 bits per heavy atom. The summed E-state index contributed by atoms with van der Waals surface area (Å²) in [4.78, 5) is 37.7. The van der Waals surface area contributed by atoms with E-state index in [1.165, 1.54) is 0 Å². The number of hydrogen-bond acceptors (Lipinski definition) is 9. The SMILES string of the molecule is Cc1cccc(C)c1S(=O)(=O)NC(CN(C=O)C1=NO[C@]2(CNC(CNc3ncc[nH]3)C2)C1)C(=O)O. The maximum absolute atomic E-state index is 13.0. The van der Waals surface area contributed by atoms with Crippen LogP contribution in [0.5, 0.6) is 0 Å². The van der Waals surface area contributed by atoms with Gasteiger partial charge in [0.2, 0.25) is 16.4 Å². The Morgan fingerprint density at radius 1 is 1.39 bits per heavy atom. The molecule has 2 aromatic rings. The number of nitrogens with one attached hydrogen (secondary N) is 4. The second kappa shape index (κ2) is 10.2. The van der Waals surface area contributed by atoms with Crippen LogP contribution in [-0.4, -0.2) is 83.9 Å². The van der Waals surface area contributed by atoms with Crippen LogP contribution in [0.2, 0.25) is 0 Å². The first-order chi connectivity index (χ1) is 17.1. The largest absolute Gasteiger partial charge is 0.480 e. The molecule has 4 rings (SSSR count). The van der Waals surface area contributed by atoms with Crippen LogP contribution >= 0.6 is 0 Å². The van der Waals surface area contributed by atoms with Gasteiger partial charge in [0, 0.05) is 37.9 Å². The Labute approximate surface area is 208 Å². The number of H-pyrrole nitrogens is 1. The fourth-order valence-electron chi connectivity index (χ4n) is 4.55. The molecule has 3 heterocycles. The third-order valence-electron chi connectivity index (χ3n) is 6.28. The number of hydrogen-bond donors (Lipinski definition) is 5. The Balaban J connectivity index is 1.40. The average molecular weight is 520 g/mol. The van der Waals surface area contributed by atoms with Crippen molar-refractivity contribution in [2.24, 2.45) is 5.16 Å². The van der Waals surface area contributed by atoms with Crippen LogP contribution in [0.15, 0.2) is 40.6 Å². The summed E-state index contributed by atoms with van der Waals surface area (Å²) in [6.07, 6.45) is 4.66. The molecule has 1 aromatic heterocycles. The van der Waals surface area contributed by atoms with E-state index in [9.17, 15) is 23.1 Å². The Bertz CT molecular complexity index is 1230. The van der Waals surface area contributed by atoms with Gasteiger partial charge in [-0.2, -0.15) is 4.72 Å². The zero-order chi connectivity index (χ0) is 25.9. The van der Waals surface area contributed by atoms with Gasteiger partial charge in [-0.25, -0.2) is 13.4 Å². The van der Waals surface area contributed by atoms with Gasteiger partial charge in [0.25, 0.3) is 0 Å². The molecule has 14 heteroatoms. The van der Waals surface area contributed by atoms with E-state index in [1.54, 1.807) is 44.4 Å². The number of carbonyl (C=O) groups excluding carboxylic acids is 1. The molecule has 36 heavy (non-hydrogen) atoms. The zero-order valence-corrected chi connectivity index (χ0v) is 20.7. The molecule has 1 saturated heterocycles. The second-order valence-electron chi connectivity index (χ2n) is 9.05. The summed E-state index contributed by atoms with van der Waals surface area (Å²) in [7, 11) is -4.17. The van der Waals surface area contributed by atoms with Gasteiger partial charge in [-0.05, 0) is 25.0 Å². The molecule has 2 unspecified atom stereocenters. The molecule has 1 fully saturated rings. The van der Waals surface area contributed by atoms with Crippen molar-refractivity contribution in [3.8, 4) is 0 Å². The van der Waals surface area contributed by atoms with Crippen LogP contribution in [0.25, 0.3) is 0 Å². The molecule has 2 aliphatic heterocycles. The van der Waals surface area contributed by atoms with E-state index in [2.05, 4.69) is 30.5 Å². The molecule has 1 spiro atoms. The number of carboxylic acids is 1. The summed E-state index contributed by atoms with van der Waals surface area (Å²) in [6.45, 7) is 3.89. The highest BCUT2D eigenvalue weighted by Gasteiger charge is 2.47. The Hall–Kier alpha value is -3.49. The summed E-state index contributed by atoms with van der Waals surface area (Å²) in [5.74, 6) is -0.529. The molecule has 3 atom stereocenters. The number of amidine groups is 1. The van der Waals surface area contributed by atoms with Crippen molar-refractivity contribution in [3.63, 3.8) is 0 Å². The highest BCUT2D eigenvalue weighted by atomic mass is 32.2. The number of carboxylic acid groups (broad SMARTS) is 1. The molecule has 1 aromatic carbocycles. The van der Waals surface area contributed by atoms with Gasteiger partial charge in [0.05, 0.1) is 17.9 Å². The average Bonchev–Trinajstić information content (AvgIpc) is 3.57. The number of oxime groups is 1. The van der Waals surface area contributed by atoms with Crippen LogP contribution in [0.3, 0.4) is 0 Å². The minimum atomic E-state index is -4.17. The van der Waals surface area contributed by atoms with E-state index in [4.69, 9.17) is 4.84 Å². The molecule has 13 nitrogen and oxygen atoms in total. The summed E-state index contributed by atoms with van der Waals surface area (Å²) in [5, 5.41) is 20.3. The summed E-state index contributed by atoms with van der Waals surface area (Å²) in [6, 6.07) is 3.45. The van der Waals surface area contributed by atoms with Gasteiger partial charge in [-0.3, -0.25) is 14.5 Å². The standard InChI is InChI=1S/C22H29N7O6S/c1-14-4-3-5-15(2)19(14)36(33,34)28-17(20(31)32)11-29(13-30)18-9-22(35-27-18)8-16(26-12-22)10-25-21-23-6-7-24-21/h3-7,13,16-17,26,28H,8-12H2,1-2H3,(H,31,32)(H2,23,24,25)/t16?,17?,22-/m0/s1. The van der Waals surface area contributed by atoms with Crippen LogP contribution in [0.4, 0.5) is 5.95 Å². The fraction of sp³-hybridized carbons (Fsp3) is 0.455. The van der Waals surface area contributed by atoms with Crippen LogP contribution in [0, 0.1) is 13.8 Å². The summed E-state index contributed by atoms with van der Waals surface area (Å²) >= 11 is 0. The van der Waals surface area contributed by atoms with Gasteiger partial charge in [0.1, 0.15) is 6.04 Å². The number of amides is 1. The normalized spacial score (nSPS) is 22.2. The number of imidazole rings is 1. The third-order valence-corrected chi connectivity index (χ3v) is 8.06. The van der Waals surface area contributed by atoms with Crippen molar-refractivity contribution < 1.29 is 28.0 Å². The minimum absolute atomic E-state index is 0.0145. The summed E-state index contributed by atoms with van der Waals surface area (Å²) in [5.41, 5.74) is 0.293. The second-order valence-corrected chi connectivity index (χ2v) is 10.7. The van der Waals surface area contributed by atoms with Crippen molar-refractivity contribution >= 4 is 34.2 Å². The molecule has 0 bridgehead atoms. The number of carbonyl (C=O) groups is 2. The summed E-state index contributed by atoms with van der Waals surface area (Å²) < 4.78 is 28.2. The van der Waals surface area contributed by atoms with Crippen molar-refractivity contribution in [2.45, 2.75) is 49.3 Å². The Morgan fingerprint density at radius 3 is 2.78 bits per heavy atom. The van der Waals surface area contributed by atoms with Crippen LogP contribution in [-0.2, 0) is 24.4 Å². The van der Waals surface area contributed by atoms with E-state index in [1.807, 2.05) is 0 Å². The maximum Gasteiger partial charge on any atom is 0.323 e. The molecule has 0 aliphatic carbocycles. The van der Waals surface area contributed by atoms with E-state index in [0.717, 1.165) is 4.90 Å². The first kappa shape index (κ1) is 25.6. The lowest BCUT2D eigenvalue weighted by molar-refractivity contribution is -0.139. The van der Waals surface area contributed by atoms with Gasteiger partial charge < -0.3 is 25.6 Å². The monoisotopic (exact) mass is 519 g/mol. The van der Waals surface area contributed by atoms with Crippen molar-refractivity contribution in [3.05, 3.63) is 41.7 Å². The lowest BCUT2D eigenvalue weighted by Gasteiger charge is -2.24. The third kappa shape index (κ3) is 5.50. The van der Waals surface area contributed by atoms with Gasteiger partial charge in [-0.1, -0.05) is 23.4 Å². The van der Waals surface area contributed by atoms with E-state index < -0.39 is 34.2 Å². The minimum Gasteiger partial charge on any atom is -0.480 e. The number of aromatic amines is 1. The molecule has 1 amide bonds. The molecule has 0 saturated carbocycles. The van der Waals surface area contributed by atoms with E-state index in [-0.39, 0.29) is 23.2 Å². The number of sulfonamides is 1. The van der Waals surface area contributed by atoms with Crippen molar-refractivity contribution in [1.29, 1.82) is 0 Å². The number of benzene rings is 1. The molecular weight excluding hydrogens is 490 g/mol. The first-order valence-electron chi connectivity index (χ1n) is 11.4. The van der Waals surface area contributed by atoms with Crippen molar-refractivity contribution in [2.75, 3.05) is 25.0 Å². The molecule has 194 valence electrons. The predicted molar refractivity (Wildman–Crippen MR) is 130 cm³/mol. The number of nitrogens with zero attached hydrogens (tertiary/aromatic N) is 3. The highest BCUT2D eigenvalue weighted by Crippen LogP contribution is 2.33. The van der Waals surface area contributed by atoms with Gasteiger partial charge in [0.15, 0.2) is 17.4 Å². The van der Waals surface area contributed by atoms with E-state index in [0.29, 0.717) is 43.0 Å². The lowest BCUT2D eigenvalue weighted by atomic mass is 9.95. The quantitative estimate of drug-likeness (QED) is 0.274. The fourth-order valence-corrected chi connectivity index (χ4v) is 6.20. The smallest absolute Gasteiger partial charge is 0.323 e. The van der Waals surface area contributed by atoms with Crippen molar-refractivity contribution in [1.82, 2.24) is 24.9 Å². The molecule has 0 radical (unpaired) electrons. The molecule has 5 N–H and O–H groups in total. The molecular formula is C22H29N7O6S. The lowest BCUT2D eigenvalue weighted by Crippen LogP contribution is -2.50. The first-order valence-corrected chi connectivity index (χ1v) is 12.9. The number of aromatic nitrogens is 2. The van der Waals surface area contributed by atoms with Gasteiger partial charge >= 0.3 is 5.97 Å². The highest BCUT2D eigenvalue weighted by molar-refractivity contribution is 7.89. The Kier molecular flexibility index (Phi) is 7.28. The van der Waals surface area contributed by atoms with Crippen LogP contribution < -0.4 is 15.4 Å². The number of aryl methyl sites for hydroxylation is 2. The van der Waals surface area contributed by atoms with E-state index >= 15 is 0 Å². The van der Waals surface area contributed by atoms with Gasteiger partial charge in [-0.15, -0.1) is 0 Å². The van der Waals surface area contributed by atoms with Crippen LogP contribution in [0.1, 0.15) is 24.0 Å². The maximum atomic E-state index is 13.0. The zero-order valence-electron chi connectivity index (χ0n) is 19.9. The molecule has 2 aliphatic rings. The topological polar surface area (TPSA) is 178 Å². The number of rotatable bonds is 10. The number of anilines is 1. The number of aliphatic carboxylic acids is 1.